The van der Waals surface area contributed by atoms with Crippen LogP contribution in [0.25, 0.3) is 0 Å². The first-order valence-electron chi connectivity index (χ1n) is 9.95. The first kappa shape index (κ1) is 20.1. The molecule has 152 valence electrons. The van der Waals surface area contributed by atoms with Gasteiger partial charge in [-0.3, -0.25) is 14.5 Å². The van der Waals surface area contributed by atoms with Crippen molar-refractivity contribution in [3.05, 3.63) is 23.9 Å². The molecule has 2 aliphatic rings. The van der Waals surface area contributed by atoms with Gasteiger partial charge < -0.3 is 15.4 Å². The highest BCUT2D eigenvalue weighted by Crippen LogP contribution is 2.38. The maximum atomic E-state index is 12.9. The third kappa shape index (κ3) is 3.95. The molecule has 4 amide bonds. The van der Waals surface area contributed by atoms with Gasteiger partial charge in [0.05, 0.1) is 6.61 Å². The van der Waals surface area contributed by atoms with Crippen LogP contribution in [0, 0.1) is 5.92 Å². The Balaban J connectivity index is 1.60. The van der Waals surface area contributed by atoms with Crippen molar-refractivity contribution < 1.29 is 19.1 Å². The van der Waals surface area contributed by atoms with Crippen molar-refractivity contribution in [1.29, 1.82) is 0 Å². The van der Waals surface area contributed by atoms with E-state index in [1.54, 1.807) is 12.3 Å². The number of aromatic nitrogens is 1. The third-order valence-electron chi connectivity index (χ3n) is 5.57. The van der Waals surface area contributed by atoms with E-state index in [4.69, 9.17) is 4.74 Å². The highest BCUT2D eigenvalue weighted by molar-refractivity contribution is 6.09. The number of ether oxygens (including phenoxy) is 1. The summed E-state index contributed by atoms with van der Waals surface area (Å²) in [6.45, 7) is 4.46. The lowest BCUT2D eigenvalue weighted by Crippen LogP contribution is -2.54. The highest BCUT2D eigenvalue weighted by Gasteiger charge is 2.55. The lowest BCUT2D eigenvalue weighted by molar-refractivity contribution is -0.137. The van der Waals surface area contributed by atoms with Gasteiger partial charge in [0.25, 0.3) is 5.91 Å². The molecule has 0 bridgehead atoms. The Labute approximate surface area is 165 Å². The summed E-state index contributed by atoms with van der Waals surface area (Å²) in [5.41, 5.74) is -0.0981. The van der Waals surface area contributed by atoms with Crippen molar-refractivity contribution in [3.8, 4) is 5.88 Å². The Kier molecular flexibility index (Phi) is 6.16. The molecule has 2 unspecified atom stereocenters. The van der Waals surface area contributed by atoms with Gasteiger partial charge >= 0.3 is 6.03 Å². The monoisotopic (exact) mass is 388 g/mol. The van der Waals surface area contributed by atoms with Crippen LogP contribution in [0.4, 0.5) is 4.79 Å². The van der Waals surface area contributed by atoms with E-state index in [2.05, 4.69) is 15.6 Å². The minimum atomic E-state index is -0.847. The van der Waals surface area contributed by atoms with E-state index in [1.165, 1.54) is 0 Å². The third-order valence-corrected chi connectivity index (χ3v) is 5.57. The molecular weight excluding hydrogens is 360 g/mol. The second-order valence-electron chi connectivity index (χ2n) is 7.53. The standard InChI is InChI=1S/C20H28N4O4/c1-3-11-28-17-15(8-6-10-21-17)12-22-16(25)13-24-18(26)20(23-19(24)27)9-5-4-7-14(20)2/h6,8,10,14H,3-5,7,9,11-13H2,1-2H3,(H,22,25)(H,23,27). The van der Waals surface area contributed by atoms with Gasteiger partial charge in [-0.2, -0.15) is 0 Å². The van der Waals surface area contributed by atoms with Gasteiger partial charge in [0.1, 0.15) is 12.1 Å². The van der Waals surface area contributed by atoms with Crippen molar-refractivity contribution in [2.45, 2.75) is 58.0 Å². The zero-order chi connectivity index (χ0) is 20.1. The summed E-state index contributed by atoms with van der Waals surface area (Å²) in [7, 11) is 0. The Morgan fingerprint density at radius 1 is 1.43 bits per heavy atom. The topological polar surface area (TPSA) is 101 Å². The first-order valence-corrected chi connectivity index (χ1v) is 9.95. The van der Waals surface area contributed by atoms with E-state index in [0.29, 0.717) is 18.9 Å². The number of amides is 4. The fraction of sp³-hybridized carbons (Fsp3) is 0.600. The molecule has 1 aliphatic heterocycles. The number of hydrogen-bond donors (Lipinski definition) is 2. The molecule has 1 aromatic heterocycles. The molecule has 28 heavy (non-hydrogen) atoms. The maximum absolute atomic E-state index is 12.9. The van der Waals surface area contributed by atoms with Crippen molar-refractivity contribution in [2.75, 3.05) is 13.2 Å². The molecule has 1 aliphatic carbocycles. The molecule has 8 heteroatoms. The van der Waals surface area contributed by atoms with E-state index < -0.39 is 17.5 Å². The predicted molar refractivity (Wildman–Crippen MR) is 102 cm³/mol. The zero-order valence-corrected chi connectivity index (χ0v) is 16.5. The van der Waals surface area contributed by atoms with E-state index >= 15 is 0 Å². The molecule has 2 heterocycles. The molecule has 1 saturated heterocycles. The van der Waals surface area contributed by atoms with Gasteiger partial charge in [0, 0.05) is 18.3 Å². The molecule has 8 nitrogen and oxygen atoms in total. The molecule has 1 aromatic rings. The average molecular weight is 388 g/mol. The van der Waals surface area contributed by atoms with Crippen LogP contribution in [0.3, 0.4) is 0 Å². The van der Waals surface area contributed by atoms with Crippen LogP contribution in [-0.4, -0.2) is 46.4 Å². The van der Waals surface area contributed by atoms with Crippen LogP contribution in [0.2, 0.25) is 0 Å². The normalized spacial score (nSPS) is 24.4. The number of nitrogens with zero attached hydrogens (tertiary/aromatic N) is 2. The molecule has 0 aromatic carbocycles. The van der Waals surface area contributed by atoms with E-state index in [-0.39, 0.29) is 24.9 Å². The number of carbonyl (C=O) groups is 3. The molecule has 2 fully saturated rings. The van der Waals surface area contributed by atoms with Crippen LogP contribution in [-0.2, 0) is 16.1 Å². The summed E-state index contributed by atoms with van der Waals surface area (Å²) in [6.07, 6.45) is 5.97. The fourth-order valence-corrected chi connectivity index (χ4v) is 3.92. The molecule has 2 N–H and O–H groups in total. The molecule has 1 spiro atoms. The quantitative estimate of drug-likeness (QED) is 0.696. The number of imide groups is 1. The summed E-state index contributed by atoms with van der Waals surface area (Å²) in [6, 6.07) is 3.11. The molecule has 1 saturated carbocycles. The van der Waals surface area contributed by atoms with Gasteiger partial charge in [0.2, 0.25) is 11.8 Å². The zero-order valence-electron chi connectivity index (χ0n) is 16.5. The van der Waals surface area contributed by atoms with Gasteiger partial charge in [0.15, 0.2) is 0 Å². The largest absolute Gasteiger partial charge is 0.477 e. The number of urea groups is 1. The van der Waals surface area contributed by atoms with Crippen LogP contribution in [0.15, 0.2) is 18.3 Å². The Morgan fingerprint density at radius 3 is 3.00 bits per heavy atom. The summed E-state index contributed by atoms with van der Waals surface area (Å²) in [5.74, 6) is -0.128. The summed E-state index contributed by atoms with van der Waals surface area (Å²) < 4.78 is 5.58. The van der Waals surface area contributed by atoms with E-state index in [1.807, 2.05) is 19.9 Å². The van der Waals surface area contributed by atoms with Gasteiger partial charge in [-0.1, -0.05) is 32.8 Å². The van der Waals surface area contributed by atoms with Crippen LogP contribution < -0.4 is 15.4 Å². The fourth-order valence-electron chi connectivity index (χ4n) is 3.92. The first-order chi connectivity index (χ1) is 13.5. The predicted octanol–water partition coefficient (Wildman–Crippen LogP) is 1.99. The van der Waals surface area contributed by atoms with E-state index in [9.17, 15) is 14.4 Å². The van der Waals surface area contributed by atoms with Crippen LogP contribution >= 0.6 is 0 Å². The number of pyridine rings is 1. The minimum absolute atomic E-state index is 0.0689. The van der Waals surface area contributed by atoms with E-state index in [0.717, 1.165) is 36.1 Å². The molecule has 3 rings (SSSR count). The van der Waals surface area contributed by atoms with Crippen LogP contribution in [0.5, 0.6) is 5.88 Å². The molecule has 0 radical (unpaired) electrons. The number of nitrogens with one attached hydrogen (secondary N) is 2. The van der Waals surface area contributed by atoms with Gasteiger partial charge in [-0.05, 0) is 31.2 Å². The Morgan fingerprint density at radius 2 is 2.25 bits per heavy atom. The van der Waals surface area contributed by atoms with Crippen LogP contribution in [0.1, 0.15) is 51.5 Å². The number of hydrogen-bond acceptors (Lipinski definition) is 5. The summed E-state index contributed by atoms with van der Waals surface area (Å²) >= 11 is 0. The highest BCUT2D eigenvalue weighted by atomic mass is 16.5. The lowest BCUT2D eigenvalue weighted by Gasteiger charge is -2.36. The second-order valence-corrected chi connectivity index (χ2v) is 7.53. The Hall–Kier alpha value is -2.64. The van der Waals surface area contributed by atoms with Gasteiger partial charge in [-0.25, -0.2) is 9.78 Å². The van der Waals surface area contributed by atoms with Crippen molar-refractivity contribution in [1.82, 2.24) is 20.5 Å². The second kappa shape index (κ2) is 8.58. The number of carbonyl (C=O) groups excluding carboxylic acids is 3. The summed E-state index contributed by atoms with van der Waals surface area (Å²) in [5, 5.41) is 5.61. The molecular formula is C20H28N4O4. The number of rotatable bonds is 7. The lowest BCUT2D eigenvalue weighted by atomic mass is 9.73. The van der Waals surface area contributed by atoms with Crippen molar-refractivity contribution in [2.24, 2.45) is 5.92 Å². The Bertz CT molecular complexity index is 753. The smallest absolute Gasteiger partial charge is 0.325 e. The maximum Gasteiger partial charge on any atom is 0.325 e. The van der Waals surface area contributed by atoms with Crippen molar-refractivity contribution in [3.63, 3.8) is 0 Å². The SMILES string of the molecule is CCCOc1ncccc1CNC(=O)CN1C(=O)NC2(CCCCC2C)C1=O. The van der Waals surface area contributed by atoms with Gasteiger partial charge in [-0.15, -0.1) is 0 Å². The molecule has 2 atom stereocenters. The summed E-state index contributed by atoms with van der Waals surface area (Å²) in [4.78, 5) is 42.9. The average Bonchev–Trinajstić information content (AvgIpc) is 2.92. The van der Waals surface area contributed by atoms with Crippen molar-refractivity contribution >= 4 is 17.8 Å². The minimum Gasteiger partial charge on any atom is -0.477 e.